The van der Waals surface area contributed by atoms with Gasteiger partial charge < -0.3 is 16.2 Å². The number of esters is 1. The van der Waals surface area contributed by atoms with Crippen molar-refractivity contribution in [1.29, 1.82) is 0 Å². The van der Waals surface area contributed by atoms with Crippen molar-refractivity contribution in [1.82, 2.24) is 0 Å². The third-order valence-electron chi connectivity index (χ3n) is 9.54. The number of aliphatic imine (C=N–C) groups is 1. The van der Waals surface area contributed by atoms with Gasteiger partial charge >= 0.3 is 5.97 Å². The Morgan fingerprint density at radius 1 is 0.653 bits per heavy atom. The summed E-state index contributed by atoms with van der Waals surface area (Å²) in [4.78, 5) is 16.9. The fourth-order valence-corrected chi connectivity index (χ4v) is 6.23. The smallest absolute Gasteiger partial charge is 0.323 e. The van der Waals surface area contributed by atoms with Crippen LogP contribution in [0.5, 0.6) is 0 Å². The molecule has 4 N–H and O–H groups in total. The van der Waals surface area contributed by atoms with Crippen LogP contribution in [0.2, 0.25) is 0 Å². The van der Waals surface area contributed by atoms with E-state index in [0.29, 0.717) is 0 Å². The quantitative estimate of drug-likeness (QED) is 0.0233. The summed E-state index contributed by atoms with van der Waals surface area (Å²) >= 11 is 0. The molecule has 0 aromatic carbocycles. The van der Waals surface area contributed by atoms with Crippen molar-refractivity contribution in [3.8, 4) is 0 Å². The molecule has 0 heterocycles. The van der Waals surface area contributed by atoms with Crippen LogP contribution in [0.15, 0.2) is 65.4 Å². The maximum Gasteiger partial charge on any atom is 0.323 e. The summed E-state index contributed by atoms with van der Waals surface area (Å²) in [7, 11) is 0. The topological polar surface area (TPSA) is 90.7 Å². The highest BCUT2D eigenvalue weighted by Gasteiger charge is 2.40. The molecule has 49 heavy (non-hydrogen) atoms. The Balaban J connectivity index is 2.24. The summed E-state index contributed by atoms with van der Waals surface area (Å²) in [5.74, 6) is -0.212. The zero-order chi connectivity index (χ0) is 35.5. The van der Waals surface area contributed by atoms with Gasteiger partial charge in [0.1, 0.15) is 12.1 Å². The van der Waals surface area contributed by atoms with E-state index in [0.717, 1.165) is 50.5 Å². The third kappa shape index (κ3) is 28.0. The lowest BCUT2D eigenvalue weighted by Gasteiger charge is -2.20. The van der Waals surface area contributed by atoms with E-state index in [2.05, 4.69) is 67.4 Å². The molecular weight excluding hydrogens is 603 g/mol. The number of rotatable bonds is 34. The molecule has 1 saturated carbocycles. The van der Waals surface area contributed by atoms with Crippen molar-refractivity contribution in [2.24, 2.45) is 22.4 Å². The number of nitrogens with zero attached hydrogens (tertiary/aromatic N) is 1. The van der Waals surface area contributed by atoms with Crippen LogP contribution in [-0.4, -0.2) is 24.5 Å². The van der Waals surface area contributed by atoms with Gasteiger partial charge in [0, 0.05) is 12.1 Å². The second-order valence-corrected chi connectivity index (χ2v) is 14.1. The van der Waals surface area contributed by atoms with Crippen LogP contribution in [0.1, 0.15) is 187 Å². The Kier molecular flexibility index (Phi) is 31.0. The van der Waals surface area contributed by atoms with E-state index >= 15 is 0 Å². The van der Waals surface area contributed by atoms with E-state index in [-0.39, 0.29) is 18.0 Å². The predicted octanol–water partition coefficient (Wildman–Crippen LogP) is 12.5. The summed E-state index contributed by atoms with van der Waals surface area (Å²) in [6.45, 7) is 4.51. The van der Waals surface area contributed by atoms with Crippen molar-refractivity contribution in [3.63, 3.8) is 0 Å². The molecule has 1 unspecified atom stereocenters. The van der Waals surface area contributed by atoms with Crippen molar-refractivity contribution >= 4 is 12.3 Å². The molecule has 0 aliphatic heterocycles. The maximum atomic E-state index is 12.9. The highest BCUT2D eigenvalue weighted by molar-refractivity contribution is 5.77. The molecule has 2 atom stereocenters. The number of nitrogens with two attached hydrogens (primary N) is 2. The predicted molar refractivity (Wildman–Crippen MR) is 215 cm³/mol. The lowest BCUT2D eigenvalue weighted by atomic mass is 10.0. The van der Waals surface area contributed by atoms with Gasteiger partial charge in [-0.1, -0.05) is 140 Å². The summed E-state index contributed by atoms with van der Waals surface area (Å²) in [6.07, 6.45) is 54.0. The molecule has 1 aliphatic rings. The Bertz CT molecular complexity index is 900. The van der Waals surface area contributed by atoms with Gasteiger partial charge in [-0.15, -0.1) is 0 Å². The second-order valence-electron chi connectivity index (χ2n) is 14.1. The highest BCUT2D eigenvalue weighted by Crippen LogP contribution is 2.40. The van der Waals surface area contributed by atoms with Crippen LogP contribution in [0.25, 0.3) is 0 Å². The molecule has 0 spiro atoms. The lowest BCUT2D eigenvalue weighted by Crippen LogP contribution is -2.37. The molecule has 0 radical (unpaired) electrons. The van der Waals surface area contributed by atoms with Crippen LogP contribution in [-0.2, 0) is 9.53 Å². The van der Waals surface area contributed by atoms with Crippen molar-refractivity contribution in [2.45, 2.75) is 199 Å². The van der Waals surface area contributed by atoms with Gasteiger partial charge in [0.15, 0.2) is 0 Å². The van der Waals surface area contributed by atoms with Crippen LogP contribution in [0.4, 0.5) is 0 Å². The van der Waals surface area contributed by atoms with E-state index in [4.69, 9.17) is 16.2 Å². The second kappa shape index (κ2) is 34.1. The molecule has 5 nitrogen and oxygen atoms in total. The molecule has 0 bridgehead atoms. The minimum Gasteiger partial charge on any atom is -0.461 e. The Morgan fingerprint density at radius 2 is 1.06 bits per heavy atom. The third-order valence-corrected chi connectivity index (χ3v) is 9.54. The molecule has 5 heteroatoms. The monoisotopic (exact) mass is 680 g/mol. The molecule has 1 fully saturated rings. The lowest BCUT2D eigenvalue weighted by molar-refractivity contribution is -0.152. The zero-order valence-corrected chi connectivity index (χ0v) is 32.0. The summed E-state index contributed by atoms with van der Waals surface area (Å²) in [5.41, 5.74) is 12.7. The minimum absolute atomic E-state index is 0.0246. The van der Waals surface area contributed by atoms with Crippen molar-refractivity contribution < 1.29 is 9.53 Å². The zero-order valence-electron chi connectivity index (χ0n) is 32.0. The van der Waals surface area contributed by atoms with E-state index < -0.39 is 6.04 Å². The molecule has 0 saturated heterocycles. The van der Waals surface area contributed by atoms with E-state index in [9.17, 15) is 4.79 Å². The van der Waals surface area contributed by atoms with E-state index in [1.165, 1.54) is 135 Å². The maximum absolute atomic E-state index is 12.9. The van der Waals surface area contributed by atoms with Crippen LogP contribution in [0, 0.1) is 5.92 Å². The summed E-state index contributed by atoms with van der Waals surface area (Å²) in [6, 6.07) is -0.603. The number of carbonyl (C=O) groups excluding carboxylic acids is 1. The largest absolute Gasteiger partial charge is 0.461 e. The van der Waals surface area contributed by atoms with Gasteiger partial charge in [-0.2, -0.15) is 0 Å². The van der Waals surface area contributed by atoms with E-state index in [1.807, 2.05) is 0 Å². The fraction of sp³-hybridized carbons (Fsp3) is 0.727. The first-order chi connectivity index (χ1) is 24.1. The Morgan fingerprint density at radius 3 is 1.49 bits per heavy atom. The van der Waals surface area contributed by atoms with Gasteiger partial charge in [0.25, 0.3) is 0 Å². The first-order valence-electron chi connectivity index (χ1n) is 20.6. The molecule has 0 amide bonds. The van der Waals surface area contributed by atoms with Gasteiger partial charge in [-0.25, -0.2) is 4.99 Å². The Hall–Kier alpha value is -2.40. The number of hydrogen-bond acceptors (Lipinski definition) is 4. The fourth-order valence-electron chi connectivity index (χ4n) is 6.23. The van der Waals surface area contributed by atoms with Gasteiger partial charge in [0.2, 0.25) is 0 Å². The van der Waals surface area contributed by atoms with Crippen LogP contribution >= 0.6 is 0 Å². The van der Waals surface area contributed by atoms with Gasteiger partial charge in [0.05, 0.1) is 6.34 Å². The first-order valence-corrected chi connectivity index (χ1v) is 20.6. The number of carbonyl (C=O) groups is 1. The molecule has 0 aromatic rings. The summed E-state index contributed by atoms with van der Waals surface area (Å²) < 4.78 is 6.04. The standard InChI is InChI=1S/C44H77N3O2/c1-3-5-7-9-11-13-15-17-19-21-23-25-27-29-31-33-35-41(49-44(48)43(46)42-37-40(42)38-47-39-45)36-34-32-30-28-26-24-22-20-18-16-14-12-10-8-6-4-2/h11-14,17-20,38-39,41-43H,3-10,15-16,21-37,46H2,1-2H3,(H2,45,47)/b13-11-,14-12-,19-17-,20-18-,40-38+/t42?,43-/m0/s1. The number of unbranched alkanes of at least 4 members (excludes halogenated alkanes) is 18. The molecule has 0 aromatic heterocycles. The molecule has 1 aliphatic carbocycles. The molecule has 1 rings (SSSR count). The minimum atomic E-state index is -0.603. The van der Waals surface area contributed by atoms with Crippen molar-refractivity contribution in [3.05, 3.63) is 60.4 Å². The first kappa shape index (κ1) is 44.6. The van der Waals surface area contributed by atoms with E-state index in [1.54, 1.807) is 6.20 Å². The van der Waals surface area contributed by atoms with Crippen LogP contribution < -0.4 is 11.5 Å². The van der Waals surface area contributed by atoms with Gasteiger partial charge in [-0.05, 0) is 102 Å². The SMILES string of the molecule is CCCCC/C=C\C/C=C\CCCCCCCCC(CCCCCCCC/C=C\C/C=C\CCCCC)OC(=O)[C@@H](N)C1C/C1=C\N=CN. The Labute approximate surface area is 303 Å². The molecular formula is C44H77N3O2. The number of ether oxygens (including phenoxy) is 1. The summed E-state index contributed by atoms with van der Waals surface area (Å²) in [5, 5.41) is 0. The van der Waals surface area contributed by atoms with Crippen LogP contribution in [0.3, 0.4) is 0 Å². The highest BCUT2D eigenvalue weighted by atomic mass is 16.5. The average Bonchev–Trinajstić information content (AvgIpc) is 3.89. The number of hydrogen-bond donors (Lipinski definition) is 2. The normalized spacial score (nSPS) is 16.6. The molecule has 280 valence electrons. The average molecular weight is 680 g/mol. The van der Waals surface area contributed by atoms with Gasteiger partial charge in [-0.3, -0.25) is 4.79 Å². The van der Waals surface area contributed by atoms with Crippen molar-refractivity contribution in [2.75, 3.05) is 0 Å². The number of allylic oxidation sites excluding steroid dienone is 8.